The molecule has 0 unspecified atom stereocenters. The van der Waals surface area contributed by atoms with E-state index < -0.39 is 0 Å². The molecular weight excluding hydrogens is 248 g/mol. The summed E-state index contributed by atoms with van der Waals surface area (Å²) in [5.74, 6) is 0.343. The zero-order valence-electron chi connectivity index (χ0n) is 11.3. The van der Waals surface area contributed by atoms with E-state index in [2.05, 4.69) is 10.3 Å². The molecule has 0 aliphatic heterocycles. The first-order chi connectivity index (χ1) is 9.27. The van der Waals surface area contributed by atoms with E-state index in [4.69, 9.17) is 14.2 Å². The third-order valence-corrected chi connectivity index (χ3v) is 2.39. The van der Waals surface area contributed by atoms with E-state index in [0.29, 0.717) is 37.8 Å². The van der Waals surface area contributed by atoms with Gasteiger partial charge in [-0.1, -0.05) is 0 Å². The van der Waals surface area contributed by atoms with Gasteiger partial charge in [0.2, 0.25) is 5.88 Å². The summed E-state index contributed by atoms with van der Waals surface area (Å²) in [5, 5.41) is 2.80. The van der Waals surface area contributed by atoms with Gasteiger partial charge in [-0.15, -0.1) is 0 Å². The molecule has 6 nitrogen and oxygen atoms in total. The minimum atomic E-state index is -0.146. The molecule has 19 heavy (non-hydrogen) atoms. The quantitative estimate of drug-likeness (QED) is 0.673. The number of aromatic nitrogens is 1. The second kappa shape index (κ2) is 9.29. The fraction of sp³-hybridized carbons (Fsp3) is 0.538. The minimum Gasteiger partial charge on any atom is -0.481 e. The van der Waals surface area contributed by atoms with Gasteiger partial charge in [-0.2, -0.15) is 0 Å². The van der Waals surface area contributed by atoms with Crippen LogP contribution in [0.5, 0.6) is 5.88 Å². The number of nitrogens with one attached hydrogen (secondary N) is 1. The molecule has 0 spiro atoms. The summed E-state index contributed by atoms with van der Waals surface area (Å²) in [6, 6.07) is 3.33. The smallest absolute Gasteiger partial charge is 0.252 e. The maximum absolute atomic E-state index is 11.7. The van der Waals surface area contributed by atoms with Crippen LogP contribution in [0.3, 0.4) is 0 Å². The average molecular weight is 268 g/mol. The van der Waals surface area contributed by atoms with Gasteiger partial charge in [0.25, 0.3) is 5.91 Å². The lowest BCUT2D eigenvalue weighted by Gasteiger charge is -2.06. The maximum atomic E-state index is 11.7. The van der Waals surface area contributed by atoms with Gasteiger partial charge >= 0.3 is 0 Å². The Labute approximate surface area is 113 Å². The number of carbonyl (C=O) groups is 1. The molecule has 0 saturated carbocycles. The molecule has 0 aromatic carbocycles. The Bertz CT molecular complexity index is 367. The summed E-state index contributed by atoms with van der Waals surface area (Å²) >= 11 is 0. The van der Waals surface area contributed by atoms with Crippen LogP contribution in [0, 0.1) is 0 Å². The monoisotopic (exact) mass is 268 g/mol. The van der Waals surface area contributed by atoms with Crippen molar-refractivity contribution in [2.24, 2.45) is 0 Å². The lowest BCUT2D eigenvalue weighted by atomic mass is 10.2. The Morgan fingerprint density at radius 2 is 2.11 bits per heavy atom. The van der Waals surface area contributed by atoms with Gasteiger partial charge in [0.15, 0.2) is 0 Å². The van der Waals surface area contributed by atoms with Crippen LogP contribution in [0.1, 0.15) is 16.8 Å². The van der Waals surface area contributed by atoms with E-state index in [-0.39, 0.29) is 5.91 Å². The van der Waals surface area contributed by atoms with Crippen molar-refractivity contribution in [2.45, 2.75) is 6.42 Å². The van der Waals surface area contributed by atoms with E-state index in [1.807, 2.05) is 0 Å². The number of carbonyl (C=O) groups excluding carboxylic acids is 1. The fourth-order valence-electron chi connectivity index (χ4n) is 1.36. The second-order valence-electron chi connectivity index (χ2n) is 3.80. The zero-order chi connectivity index (χ0) is 13.9. The first-order valence-electron chi connectivity index (χ1n) is 6.13. The fourth-order valence-corrected chi connectivity index (χ4v) is 1.36. The molecule has 1 heterocycles. The maximum Gasteiger partial charge on any atom is 0.252 e. The summed E-state index contributed by atoms with van der Waals surface area (Å²) in [4.78, 5) is 15.7. The van der Waals surface area contributed by atoms with Gasteiger partial charge < -0.3 is 19.5 Å². The Morgan fingerprint density at radius 3 is 2.74 bits per heavy atom. The van der Waals surface area contributed by atoms with Crippen molar-refractivity contribution < 1.29 is 19.0 Å². The van der Waals surface area contributed by atoms with E-state index >= 15 is 0 Å². The van der Waals surface area contributed by atoms with Crippen LogP contribution >= 0.6 is 0 Å². The van der Waals surface area contributed by atoms with Gasteiger partial charge in [-0.05, 0) is 12.5 Å². The van der Waals surface area contributed by atoms with E-state index in [0.717, 1.165) is 6.42 Å². The van der Waals surface area contributed by atoms with Crippen LogP contribution in [0.4, 0.5) is 0 Å². The predicted molar refractivity (Wildman–Crippen MR) is 70.4 cm³/mol. The average Bonchev–Trinajstić information content (AvgIpc) is 2.46. The molecule has 1 aromatic heterocycles. The summed E-state index contributed by atoms with van der Waals surface area (Å²) < 4.78 is 15.1. The highest BCUT2D eigenvalue weighted by Gasteiger charge is 2.05. The highest BCUT2D eigenvalue weighted by Crippen LogP contribution is 2.06. The third kappa shape index (κ3) is 6.17. The summed E-state index contributed by atoms with van der Waals surface area (Å²) in [6.45, 7) is 2.33. The van der Waals surface area contributed by atoms with Crippen LogP contribution in [0.15, 0.2) is 18.3 Å². The molecule has 0 saturated heterocycles. The van der Waals surface area contributed by atoms with E-state index in [1.165, 1.54) is 13.3 Å². The van der Waals surface area contributed by atoms with Crippen molar-refractivity contribution in [2.75, 3.05) is 40.6 Å². The largest absolute Gasteiger partial charge is 0.481 e. The van der Waals surface area contributed by atoms with Crippen LogP contribution in [-0.2, 0) is 9.47 Å². The van der Waals surface area contributed by atoms with Gasteiger partial charge in [0, 0.05) is 32.5 Å². The van der Waals surface area contributed by atoms with E-state index in [1.54, 1.807) is 19.2 Å². The number of nitrogens with zero attached hydrogens (tertiary/aromatic N) is 1. The van der Waals surface area contributed by atoms with Crippen LogP contribution < -0.4 is 10.1 Å². The van der Waals surface area contributed by atoms with Crippen molar-refractivity contribution in [3.63, 3.8) is 0 Å². The minimum absolute atomic E-state index is 0.146. The van der Waals surface area contributed by atoms with Crippen molar-refractivity contribution in [1.29, 1.82) is 0 Å². The third-order valence-electron chi connectivity index (χ3n) is 2.39. The molecule has 0 fully saturated rings. The van der Waals surface area contributed by atoms with Gasteiger partial charge in [-0.3, -0.25) is 4.79 Å². The first-order valence-corrected chi connectivity index (χ1v) is 6.13. The van der Waals surface area contributed by atoms with Crippen molar-refractivity contribution in [3.8, 4) is 5.88 Å². The van der Waals surface area contributed by atoms with Crippen LogP contribution in [0.2, 0.25) is 0 Å². The van der Waals surface area contributed by atoms with E-state index in [9.17, 15) is 4.79 Å². The molecule has 106 valence electrons. The highest BCUT2D eigenvalue weighted by atomic mass is 16.5. The SMILES string of the molecule is COCCOCCCNC(=O)c1ccc(OC)nc1. The van der Waals surface area contributed by atoms with Crippen LogP contribution in [0.25, 0.3) is 0 Å². The first kappa shape index (κ1) is 15.4. The summed E-state index contributed by atoms with van der Waals surface area (Å²) in [5.41, 5.74) is 0.515. The summed E-state index contributed by atoms with van der Waals surface area (Å²) in [7, 11) is 3.16. The van der Waals surface area contributed by atoms with Crippen molar-refractivity contribution >= 4 is 5.91 Å². The normalized spacial score (nSPS) is 10.2. The van der Waals surface area contributed by atoms with Crippen molar-refractivity contribution in [1.82, 2.24) is 10.3 Å². The molecule has 1 N–H and O–H groups in total. The Morgan fingerprint density at radius 1 is 1.26 bits per heavy atom. The number of ether oxygens (including phenoxy) is 3. The van der Waals surface area contributed by atoms with Gasteiger partial charge in [0.05, 0.1) is 25.9 Å². The van der Waals surface area contributed by atoms with Gasteiger partial charge in [0.1, 0.15) is 0 Å². The molecule has 0 radical (unpaired) electrons. The number of rotatable bonds is 9. The lowest BCUT2D eigenvalue weighted by Crippen LogP contribution is -2.25. The second-order valence-corrected chi connectivity index (χ2v) is 3.80. The standard InChI is InChI=1S/C13H20N2O4/c1-17-8-9-19-7-3-6-14-13(16)11-4-5-12(18-2)15-10-11/h4-5,10H,3,6-9H2,1-2H3,(H,14,16). The molecule has 1 rings (SSSR count). The number of pyridine rings is 1. The van der Waals surface area contributed by atoms with Crippen molar-refractivity contribution in [3.05, 3.63) is 23.9 Å². The number of methoxy groups -OCH3 is 2. The van der Waals surface area contributed by atoms with Gasteiger partial charge in [-0.25, -0.2) is 4.98 Å². The van der Waals surface area contributed by atoms with Crippen LogP contribution in [-0.4, -0.2) is 51.5 Å². The molecule has 0 bridgehead atoms. The molecule has 6 heteroatoms. The number of amides is 1. The Kier molecular flexibility index (Phi) is 7.53. The molecule has 1 aromatic rings. The predicted octanol–water partition coefficient (Wildman–Crippen LogP) is 0.873. The summed E-state index contributed by atoms with van der Waals surface area (Å²) in [6.07, 6.45) is 2.25. The molecule has 0 aliphatic rings. The molecular formula is C13H20N2O4. The molecule has 0 atom stereocenters. The Hall–Kier alpha value is -1.66. The lowest BCUT2D eigenvalue weighted by molar-refractivity contribution is 0.0688. The molecule has 0 aliphatic carbocycles. The highest BCUT2D eigenvalue weighted by molar-refractivity contribution is 5.93. The topological polar surface area (TPSA) is 69.7 Å². The molecule has 1 amide bonds. The zero-order valence-corrected chi connectivity index (χ0v) is 11.3. The number of hydrogen-bond acceptors (Lipinski definition) is 5. The number of hydrogen-bond donors (Lipinski definition) is 1. The Balaban J connectivity index is 2.16.